The van der Waals surface area contributed by atoms with E-state index in [0.717, 1.165) is 37.6 Å². The molecule has 1 fully saturated rings. The predicted molar refractivity (Wildman–Crippen MR) is 95.3 cm³/mol. The highest BCUT2D eigenvalue weighted by atomic mass is 16.5. The molecule has 5 nitrogen and oxygen atoms in total. The molecule has 1 saturated heterocycles. The van der Waals surface area contributed by atoms with Crippen molar-refractivity contribution in [1.82, 2.24) is 10.2 Å². The van der Waals surface area contributed by atoms with Crippen molar-refractivity contribution in [2.75, 3.05) is 32.8 Å². The number of carbonyl (C=O) groups is 1. The topological polar surface area (TPSA) is 50.8 Å². The van der Waals surface area contributed by atoms with E-state index in [9.17, 15) is 4.79 Å². The van der Waals surface area contributed by atoms with Crippen LogP contribution in [0.3, 0.4) is 0 Å². The maximum absolute atomic E-state index is 12.4. The molecule has 134 valence electrons. The van der Waals surface area contributed by atoms with Gasteiger partial charge in [0, 0.05) is 25.7 Å². The van der Waals surface area contributed by atoms with Crippen LogP contribution in [-0.4, -0.2) is 55.8 Å². The number of carbonyl (C=O) groups excluding carboxylic acids is 1. The summed E-state index contributed by atoms with van der Waals surface area (Å²) in [6.07, 6.45) is -0.510. The van der Waals surface area contributed by atoms with Crippen molar-refractivity contribution in [3.63, 3.8) is 0 Å². The highest BCUT2D eigenvalue weighted by molar-refractivity contribution is 5.80. The summed E-state index contributed by atoms with van der Waals surface area (Å²) in [5.74, 6) is 1.12. The first-order chi connectivity index (χ1) is 11.5. The first-order valence-electron chi connectivity index (χ1n) is 8.80. The van der Waals surface area contributed by atoms with E-state index in [1.54, 1.807) is 6.92 Å². The Morgan fingerprint density at radius 3 is 2.62 bits per heavy atom. The molecule has 1 aliphatic rings. The fourth-order valence-electron chi connectivity index (χ4n) is 2.99. The zero-order chi connectivity index (χ0) is 17.5. The van der Waals surface area contributed by atoms with Gasteiger partial charge in [-0.25, -0.2) is 0 Å². The number of rotatable bonds is 7. The van der Waals surface area contributed by atoms with Crippen molar-refractivity contribution in [3.8, 4) is 5.75 Å². The number of ether oxygens (including phenoxy) is 2. The second-order valence-corrected chi connectivity index (χ2v) is 6.78. The lowest BCUT2D eigenvalue weighted by molar-refractivity contribution is -0.127. The number of benzene rings is 1. The first-order valence-corrected chi connectivity index (χ1v) is 8.80. The van der Waals surface area contributed by atoms with Gasteiger partial charge in [0.25, 0.3) is 5.91 Å². The standard InChI is InChI=1S/C19H30N2O3/c1-14(2)18(21-8-10-23-11-9-21)13-20-19(22)16(4)24-17-7-5-6-15(3)12-17/h5-7,12,14,16,18H,8-11,13H2,1-4H3,(H,20,22). The summed E-state index contributed by atoms with van der Waals surface area (Å²) in [5.41, 5.74) is 1.12. The molecule has 2 rings (SSSR count). The minimum atomic E-state index is -0.510. The van der Waals surface area contributed by atoms with Gasteiger partial charge in [0.2, 0.25) is 0 Å². The quantitative estimate of drug-likeness (QED) is 0.831. The highest BCUT2D eigenvalue weighted by Crippen LogP contribution is 2.15. The Kier molecular flexibility index (Phi) is 7.06. The molecule has 0 aliphatic carbocycles. The van der Waals surface area contributed by atoms with Gasteiger partial charge in [-0.3, -0.25) is 9.69 Å². The molecule has 2 atom stereocenters. The number of morpholine rings is 1. The van der Waals surface area contributed by atoms with Gasteiger partial charge in [-0.15, -0.1) is 0 Å². The van der Waals surface area contributed by atoms with Crippen LogP contribution in [0.25, 0.3) is 0 Å². The van der Waals surface area contributed by atoms with E-state index in [1.165, 1.54) is 0 Å². The van der Waals surface area contributed by atoms with Gasteiger partial charge in [0.05, 0.1) is 13.2 Å². The molecular formula is C19H30N2O3. The van der Waals surface area contributed by atoms with Crippen molar-refractivity contribution in [2.45, 2.75) is 39.8 Å². The summed E-state index contributed by atoms with van der Waals surface area (Å²) in [5, 5.41) is 3.05. The molecule has 0 bridgehead atoms. The fraction of sp³-hybridized carbons (Fsp3) is 0.632. The summed E-state index contributed by atoms with van der Waals surface area (Å²) < 4.78 is 11.2. The summed E-state index contributed by atoms with van der Waals surface area (Å²) in [6, 6.07) is 8.08. The third-order valence-electron chi connectivity index (χ3n) is 4.44. The Morgan fingerprint density at radius 1 is 1.29 bits per heavy atom. The second kappa shape index (κ2) is 9.04. The maximum atomic E-state index is 12.4. The molecule has 1 N–H and O–H groups in total. The summed E-state index contributed by atoms with van der Waals surface area (Å²) in [6.45, 7) is 12.2. The maximum Gasteiger partial charge on any atom is 0.260 e. The van der Waals surface area contributed by atoms with Crippen molar-refractivity contribution in [3.05, 3.63) is 29.8 Å². The molecular weight excluding hydrogens is 304 g/mol. The lowest BCUT2D eigenvalue weighted by Gasteiger charge is -2.37. The Hall–Kier alpha value is -1.59. The minimum Gasteiger partial charge on any atom is -0.481 e. The molecule has 0 saturated carbocycles. The van der Waals surface area contributed by atoms with Gasteiger partial charge in [0.1, 0.15) is 5.75 Å². The largest absolute Gasteiger partial charge is 0.481 e. The fourth-order valence-corrected chi connectivity index (χ4v) is 2.99. The van der Waals surface area contributed by atoms with Crippen LogP contribution < -0.4 is 10.1 Å². The van der Waals surface area contributed by atoms with E-state index in [0.29, 0.717) is 18.5 Å². The molecule has 0 spiro atoms. The average molecular weight is 334 g/mol. The molecule has 2 unspecified atom stereocenters. The van der Waals surface area contributed by atoms with Crippen molar-refractivity contribution >= 4 is 5.91 Å². The van der Waals surface area contributed by atoms with E-state index in [4.69, 9.17) is 9.47 Å². The van der Waals surface area contributed by atoms with Crippen LogP contribution in [0.1, 0.15) is 26.3 Å². The van der Waals surface area contributed by atoms with E-state index < -0.39 is 6.10 Å². The Bertz CT molecular complexity index is 527. The lowest BCUT2D eigenvalue weighted by Crippen LogP contribution is -2.52. The van der Waals surface area contributed by atoms with Crippen LogP contribution in [0.4, 0.5) is 0 Å². The van der Waals surface area contributed by atoms with Crippen LogP contribution in [0.15, 0.2) is 24.3 Å². The number of nitrogens with zero attached hydrogens (tertiary/aromatic N) is 1. The summed E-state index contributed by atoms with van der Waals surface area (Å²) >= 11 is 0. The number of amides is 1. The SMILES string of the molecule is Cc1cccc(OC(C)C(=O)NCC(C(C)C)N2CCOCC2)c1. The number of nitrogens with one attached hydrogen (secondary N) is 1. The average Bonchev–Trinajstić information content (AvgIpc) is 2.55. The zero-order valence-corrected chi connectivity index (χ0v) is 15.2. The van der Waals surface area contributed by atoms with Crippen LogP contribution in [-0.2, 0) is 9.53 Å². The summed E-state index contributed by atoms with van der Waals surface area (Å²) in [4.78, 5) is 14.8. The Morgan fingerprint density at radius 2 is 2.00 bits per heavy atom. The number of hydrogen-bond donors (Lipinski definition) is 1. The van der Waals surface area contributed by atoms with E-state index >= 15 is 0 Å². The van der Waals surface area contributed by atoms with Crippen LogP contribution >= 0.6 is 0 Å². The van der Waals surface area contributed by atoms with Crippen molar-refractivity contribution < 1.29 is 14.3 Å². The predicted octanol–water partition coefficient (Wildman–Crippen LogP) is 2.24. The molecule has 0 radical (unpaired) electrons. The summed E-state index contributed by atoms with van der Waals surface area (Å²) in [7, 11) is 0. The van der Waals surface area contributed by atoms with Gasteiger partial charge < -0.3 is 14.8 Å². The van der Waals surface area contributed by atoms with E-state index in [2.05, 4.69) is 24.1 Å². The lowest BCUT2D eigenvalue weighted by atomic mass is 10.0. The van der Waals surface area contributed by atoms with Gasteiger partial charge in [-0.2, -0.15) is 0 Å². The van der Waals surface area contributed by atoms with E-state index in [1.807, 2.05) is 31.2 Å². The van der Waals surface area contributed by atoms with Gasteiger partial charge in [-0.1, -0.05) is 26.0 Å². The van der Waals surface area contributed by atoms with Crippen molar-refractivity contribution in [1.29, 1.82) is 0 Å². The van der Waals surface area contributed by atoms with Gasteiger partial charge >= 0.3 is 0 Å². The smallest absolute Gasteiger partial charge is 0.260 e. The monoisotopic (exact) mass is 334 g/mol. The zero-order valence-electron chi connectivity index (χ0n) is 15.2. The van der Waals surface area contributed by atoms with Crippen LogP contribution in [0.5, 0.6) is 5.75 Å². The third kappa shape index (κ3) is 5.49. The molecule has 5 heteroatoms. The first kappa shape index (κ1) is 18.7. The number of aryl methyl sites for hydroxylation is 1. The molecule has 1 aromatic carbocycles. The van der Waals surface area contributed by atoms with Crippen molar-refractivity contribution in [2.24, 2.45) is 5.92 Å². The van der Waals surface area contributed by atoms with Gasteiger partial charge in [-0.05, 0) is 37.5 Å². The molecule has 1 heterocycles. The highest BCUT2D eigenvalue weighted by Gasteiger charge is 2.25. The molecule has 0 aromatic heterocycles. The molecule has 1 aromatic rings. The second-order valence-electron chi connectivity index (χ2n) is 6.78. The molecule has 24 heavy (non-hydrogen) atoms. The Balaban J connectivity index is 1.85. The molecule has 1 amide bonds. The normalized spacial score (nSPS) is 18.2. The number of hydrogen-bond acceptors (Lipinski definition) is 4. The van der Waals surface area contributed by atoms with Crippen LogP contribution in [0.2, 0.25) is 0 Å². The van der Waals surface area contributed by atoms with E-state index in [-0.39, 0.29) is 5.91 Å². The minimum absolute atomic E-state index is 0.0737. The Labute approximate surface area is 145 Å². The van der Waals surface area contributed by atoms with Gasteiger partial charge in [0.15, 0.2) is 6.10 Å². The van der Waals surface area contributed by atoms with Crippen LogP contribution in [0, 0.1) is 12.8 Å². The third-order valence-corrected chi connectivity index (χ3v) is 4.44. The molecule has 1 aliphatic heterocycles.